The number of hydrogen-bond donors (Lipinski definition) is 2. The maximum Gasteiger partial charge on any atom is 0.341 e. The van der Waals surface area contributed by atoms with Crippen LogP contribution in [0, 0.1) is 23.5 Å². The Morgan fingerprint density at radius 1 is 1.16 bits per heavy atom. The molecule has 2 N–H and O–H groups in total. The number of rotatable bonds is 4. The van der Waals surface area contributed by atoms with Gasteiger partial charge in [0.05, 0.1) is 10.9 Å². The fourth-order valence-electron chi connectivity index (χ4n) is 5.70. The molecule has 3 fully saturated rings. The first-order valence-electron chi connectivity index (χ1n) is 11.1. The molecule has 0 radical (unpaired) electrons. The number of anilines is 1. The minimum Gasteiger partial charge on any atom is -0.477 e. The van der Waals surface area contributed by atoms with Crippen molar-refractivity contribution in [3.05, 3.63) is 39.7 Å². The number of fused-ring (bicyclic) bond motifs is 2. The minimum atomic E-state index is -1.39. The summed E-state index contributed by atoms with van der Waals surface area (Å²) in [7, 11) is 1.95. The van der Waals surface area contributed by atoms with Gasteiger partial charge in [-0.05, 0) is 50.6 Å². The van der Waals surface area contributed by atoms with Crippen LogP contribution in [0.5, 0.6) is 0 Å². The molecular weight excluding hydrogens is 404 g/mol. The maximum absolute atomic E-state index is 15.9. The van der Waals surface area contributed by atoms with E-state index in [9.17, 15) is 14.7 Å². The number of halogens is 2. The van der Waals surface area contributed by atoms with Crippen molar-refractivity contribution < 1.29 is 18.7 Å². The molecular formula is C23H27F2N3O3. The summed E-state index contributed by atoms with van der Waals surface area (Å²) >= 11 is 0. The third-order valence-corrected chi connectivity index (χ3v) is 7.39. The van der Waals surface area contributed by atoms with E-state index in [0.717, 1.165) is 44.6 Å². The van der Waals surface area contributed by atoms with E-state index in [1.807, 2.05) is 7.05 Å². The Morgan fingerprint density at radius 3 is 2.58 bits per heavy atom. The topological polar surface area (TPSA) is 74.6 Å². The highest BCUT2D eigenvalue weighted by Gasteiger charge is 2.40. The molecule has 1 saturated heterocycles. The van der Waals surface area contributed by atoms with Gasteiger partial charge in [0.2, 0.25) is 5.43 Å². The zero-order valence-electron chi connectivity index (χ0n) is 17.5. The van der Waals surface area contributed by atoms with Gasteiger partial charge < -0.3 is 19.9 Å². The van der Waals surface area contributed by atoms with Crippen LogP contribution in [-0.4, -0.2) is 41.8 Å². The number of carboxylic acids is 1. The summed E-state index contributed by atoms with van der Waals surface area (Å²) in [6, 6.07) is 1.30. The van der Waals surface area contributed by atoms with Crippen molar-refractivity contribution in [2.45, 2.75) is 50.6 Å². The second kappa shape index (κ2) is 7.58. The number of nitrogens with zero attached hydrogens (tertiary/aromatic N) is 2. The average Bonchev–Trinajstić information content (AvgIpc) is 3.52. The van der Waals surface area contributed by atoms with Crippen LogP contribution < -0.4 is 15.6 Å². The lowest BCUT2D eigenvalue weighted by molar-refractivity contribution is 0.0694. The van der Waals surface area contributed by atoms with Gasteiger partial charge in [0.1, 0.15) is 17.1 Å². The molecule has 31 heavy (non-hydrogen) atoms. The van der Waals surface area contributed by atoms with Gasteiger partial charge in [0.15, 0.2) is 5.82 Å². The van der Waals surface area contributed by atoms with Crippen LogP contribution in [0.3, 0.4) is 0 Å². The molecule has 3 atom stereocenters. The first-order chi connectivity index (χ1) is 14.9. The normalized spacial score (nSPS) is 26.2. The Hall–Kier alpha value is -2.48. The molecule has 1 aromatic carbocycles. The average molecular weight is 431 g/mol. The summed E-state index contributed by atoms with van der Waals surface area (Å²) in [6.45, 7) is 1.15. The zero-order valence-corrected chi connectivity index (χ0v) is 17.5. The van der Waals surface area contributed by atoms with Crippen molar-refractivity contribution in [2.24, 2.45) is 11.8 Å². The molecule has 166 valence electrons. The van der Waals surface area contributed by atoms with Crippen LogP contribution in [0.4, 0.5) is 14.5 Å². The molecule has 2 saturated carbocycles. The predicted molar refractivity (Wildman–Crippen MR) is 114 cm³/mol. The molecule has 8 heteroatoms. The minimum absolute atomic E-state index is 0.0196. The lowest BCUT2D eigenvalue weighted by Crippen LogP contribution is -2.37. The highest BCUT2D eigenvalue weighted by molar-refractivity contribution is 5.94. The number of aromatic nitrogens is 1. The number of aromatic carboxylic acids is 1. The predicted octanol–water partition coefficient (Wildman–Crippen LogP) is 3.53. The molecule has 0 unspecified atom stereocenters. The molecule has 0 amide bonds. The van der Waals surface area contributed by atoms with E-state index in [0.29, 0.717) is 31.0 Å². The molecule has 2 heterocycles. The number of carboxylic acid groups (broad SMARTS) is 1. The van der Waals surface area contributed by atoms with Gasteiger partial charge in [-0.3, -0.25) is 4.79 Å². The fourth-order valence-corrected chi connectivity index (χ4v) is 5.70. The third-order valence-electron chi connectivity index (χ3n) is 7.39. The number of carbonyl (C=O) groups is 1. The fraction of sp³-hybridized carbons (Fsp3) is 0.565. The Balaban J connectivity index is 1.64. The van der Waals surface area contributed by atoms with Crippen LogP contribution in [0.1, 0.15) is 54.9 Å². The summed E-state index contributed by atoms with van der Waals surface area (Å²) in [6.07, 6.45) is 7.17. The Labute approximate surface area is 178 Å². The van der Waals surface area contributed by atoms with Crippen LogP contribution in [0.25, 0.3) is 10.9 Å². The Kier molecular flexibility index (Phi) is 5.00. The molecule has 1 aliphatic heterocycles. The molecule has 6 nitrogen and oxygen atoms in total. The number of pyridine rings is 1. The van der Waals surface area contributed by atoms with E-state index in [1.54, 1.807) is 4.90 Å². The quantitative estimate of drug-likeness (QED) is 0.775. The van der Waals surface area contributed by atoms with Gasteiger partial charge in [-0.2, -0.15) is 0 Å². The SMILES string of the molecule is CN[C@@H]1CCCC[C@@H]2CN(c3c(F)cc4c(=O)c(C(=O)O)cn(C5CC5)c4c3F)C[C@@H]21. The van der Waals surface area contributed by atoms with Gasteiger partial charge in [0.25, 0.3) is 0 Å². The molecule has 3 aliphatic rings. The Bertz CT molecular complexity index is 1110. The van der Waals surface area contributed by atoms with E-state index in [4.69, 9.17) is 0 Å². The van der Waals surface area contributed by atoms with E-state index in [1.165, 1.54) is 10.8 Å². The first kappa shape index (κ1) is 20.4. The van der Waals surface area contributed by atoms with Crippen molar-refractivity contribution in [3.63, 3.8) is 0 Å². The Morgan fingerprint density at radius 2 is 1.90 bits per heavy atom. The van der Waals surface area contributed by atoms with Crippen LogP contribution >= 0.6 is 0 Å². The van der Waals surface area contributed by atoms with E-state index in [2.05, 4.69) is 5.32 Å². The number of nitrogens with one attached hydrogen (secondary N) is 1. The highest BCUT2D eigenvalue weighted by Crippen LogP contribution is 2.42. The maximum atomic E-state index is 15.9. The van der Waals surface area contributed by atoms with Gasteiger partial charge >= 0.3 is 5.97 Å². The van der Waals surface area contributed by atoms with E-state index >= 15 is 8.78 Å². The summed E-state index contributed by atoms with van der Waals surface area (Å²) in [4.78, 5) is 26.0. The summed E-state index contributed by atoms with van der Waals surface area (Å²) in [5.41, 5.74) is -1.37. The smallest absolute Gasteiger partial charge is 0.341 e. The van der Waals surface area contributed by atoms with Gasteiger partial charge in [-0.1, -0.05) is 12.8 Å². The van der Waals surface area contributed by atoms with Crippen molar-refractivity contribution in [1.29, 1.82) is 0 Å². The molecule has 2 aromatic rings. The van der Waals surface area contributed by atoms with Gasteiger partial charge in [0, 0.05) is 31.4 Å². The molecule has 2 aliphatic carbocycles. The van der Waals surface area contributed by atoms with Crippen LogP contribution in [0.2, 0.25) is 0 Å². The number of hydrogen-bond acceptors (Lipinski definition) is 4. The largest absolute Gasteiger partial charge is 0.477 e. The second-order valence-corrected chi connectivity index (χ2v) is 9.24. The summed E-state index contributed by atoms with van der Waals surface area (Å²) < 4.78 is 32.6. The highest BCUT2D eigenvalue weighted by atomic mass is 19.1. The molecule has 1 aromatic heterocycles. The van der Waals surface area contributed by atoms with Crippen molar-refractivity contribution >= 4 is 22.6 Å². The lowest BCUT2D eigenvalue weighted by Gasteiger charge is -2.25. The standard InChI is InChI=1S/C23H27F2N3O3/c1-26-18-5-3-2-4-12-9-27(10-15(12)18)21-17(24)8-14-20(19(21)25)28(13-6-7-13)11-16(22(14)29)23(30)31/h8,11-13,15,18,26H,2-7,9-10H2,1H3,(H,30,31)/t12-,15+,18-/m1/s1. The molecule has 5 rings (SSSR count). The van der Waals surface area contributed by atoms with Gasteiger partial charge in [-0.25, -0.2) is 13.6 Å². The molecule has 0 bridgehead atoms. The number of benzene rings is 1. The van der Waals surface area contributed by atoms with Gasteiger partial charge in [-0.15, -0.1) is 0 Å². The zero-order chi connectivity index (χ0) is 21.9. The van der Waals surface area contributed by atoms with Crippen molar-refractivity contribution in [1.82, 2.24) is 9.88 Å². The molecule has 0 spiro atoms. The van der Waals surface area contributed by atoms with E-state index < -0.39 is 28.6 Å². The monoisotopic (exact) mass is 431 g/mol. The van der Waals surface area contributed by atoms with Crippen molar-refractivity contribution in [2.75, 3.05) is 25.0 Å². The van der Waals surface area contributed by atoms with Crippen LogP contribution in [0.15, 0.2) is 17.1 Å². The third kappa shape index (κ3) is 3.32. The second-order valence-electron chi connectivity index (χ2n) is 9.24. The van der Waals surface area contributed by atoms with E-state index in [-0.39, 0.29) is 22.6 Å². The summed E-state index contributed by atoms with van der Waals surface area (Å²) in [5, 5.41) is 12.6. The lowest BCUT2D eigenvalue weighted by atomic mass is 9.88. The van der Waals surface area contributed by atoms with Crippen LogP contribution in [-0.2, 0) is 0 Å². The van der Waals surface area contributed by atoms with Crippen molar-refractivity contribution in [3.8, 4) is 0 Å². The first-order valence-corrected chi connectivity index (χ1v) is 11.1. The summed E-state index contributed by atoms with van der Waals surface area (Å²) in [5.74, 6) is -2.25.